The second kappa shape index (κ2) is 14.6. The topological polar surface area (TPSA) is 69.7 Å². The number of allylic oxidation sites excluding steroid dienone is 3. The second-order valence-electron chi connectivity index (χ2n) is 9.29. The average Bonchev–Trinajstić information content (AvgIpc) is 3.62. The number of halogens is 4. The Labute approximate surface area is 242 Å². The van der Waals surface area contributed by atoms with Crippen LogP contribution in [0.5, 0.6) is 0 Å². The van der Waals surface area contributed by atoms with Crippen molar-refractivity contribution in [2.75, 3.05) is 32.6 Å². The highest BCUT2D eigenvalue weighted by molar-refractivity contribution is 7.16. The van der Waals surface area contributed by atoms with Crippen molar-refractivity contribution in [2.24, 2.45) is 5.92 Å². The van der Waals surface area contributed by atoms with Crippen LogP contribution in [0.15, 0.2) is 54.2 Å². The highest BCUT2D eigenvalue weighted by atomic mass is 35.5. The lowest BCUT2D eigenvalue weighted by Crippen LogP contribution is -2.37. The number of hydrogen-bond acceptors (Lipinski definition) is 7. The van der Waals surface area contributed by atoms with E-state index in [0.717, 1.165) is 42.0 Å². The smallest absolute Gasteiger partial charge is 0.416 e. The van der Waals surface area contributed by atoms with Crippen LogP contribution < -0.4 is 10.6 Å². The Balaban J connectivity index is 2.01. The zero-order valence-electron chi connectivity index (χ0n) is 22.9. The zero-order valence-corrected chi connectivity index (χ0v) is 24.5. The average molecular weight is 595 g/mol. The molecule has 216 valence electrons. The molecular weight excluding hydrogens is 561 g/mol. The standard InChI is InChI=1S/C29H34ClF3N4O2S/c1-5-6-19(2)39-27(34-3)18-37(4)17-24(23-15-21(29(31,32)33)10-12-25(23)30)26(13-14-38)36-28-35-16-22(40-28)11-9-20-7-8-20/h6,10,12-13,15-17,20,27,34,38H,5,7-8,14,18H2,1-4H3,(H,35,36)/b19-6+,24-17-,26-13+. The van der Waals surface area contributed by atoms with E-state index in [1.54, 1.807) is 31.4 Å². The summed E-state index contributed by atoms with van der Waals surface area (Å²) in [6.07, 6.45) is 4.81. The number of aliphatic hydroxyl groups excluding tert-OH is 1. The van der Waals surface area contributed by atoms with Crippen LogP contribution in [0.4, 0.5) is 18.3 Å². The molecule has 11 heteroatoms. The van der Waals surface area contributed by atoms with Gasteiger partial charge in [-0.3, -0.25) is 5.32 Å². The molecule has 1 aromatic heterocycles. The molecule has 6 nitrogen and oxygen atoms in total. The maximum atomic E-state index is 13.7. The van der Waals surface area contributed by atoms with E-state index in [2.05, 4.69) is 27.5 Å². The summed E-state index contributed by atoms with van der Waals surface area (Å²) in [6, 6.07) is 3.16. The fourth-order valence-corrected chi connectivity index (χ4v) is 4.61. The van der Waals surface area contributed by atoms with Crippen molar-refractivity contribution in [1.29, 1.82) is 0 Å². The van der Waals surface area contributed by atoms with E-state index in [0.29, 0.717) is 28.9 Å². The lowest BCUT2D eigenvalue weighted by molar-refractivity contribution is -0.137. The van der Waals surface area contributed by atoms with Crippen LogP contribution in [-0.2, 0) is 10.9 Å². The molecule has 0 amide bonds. The van der Waals surface area contributed by atoms with E-state index < -0.39 is 18.0 Å². The number of alkyl halides is 3. The van der Waals surface area contributed by atoms with E-state index in [4.69, 9.17) is 16.3 Å². The van der Waals surface area contributed by atoms with E-state index in [1.807, 2.05) is 19.9 Å². The number of hydrogen-bond donors (Lipinski definition) is 3. The first-order chi connectivity index (χ1) is 19.0. The first-order valence-corrected chi connectivity index (χ1v) is 14.1. The van der Waals surface area contributed by atoms with Gasteiger partial charge in [0.15, 0.2) is 11.4 Å². The molecule has 1 aliphatic rings. The molecule has 1 heterocycles. The maximum absolute atomic E-state index is 13.7. The zero-order chi connectivity index (χ0) is 29.3. The van der Waals surface area contributed by atoms with Gasteiger partial charge in [0.1, 0.15) is 0 Å². The first kappa shape index (κ1) is 31.6. The van der Waals surface area contributed by atoms with E-state index in [9.17, 15) is 18.3 Å². The summed E-state index contributed by atoms with van der Waals surface area (Å²) >= 11 is 7.79. The Morgan fingerprint density at radius 2 is 2.10 bits per heavy atom. The highest BCUT2D eigenvalue weighted by Crippen LogP contribution is 2.37. The van der Waals surface area contributed by atoms with Gasteiger partial charge in [-0.25, -0.2) is 4.98 Å². The quantitative estimate of drug-likeness (QED) is 0.110. The molecule has 2 aromatic rings. The third-order valence-electron chi connectivity index (χ3n) is 5.84. The number of anilines is 1. The minimum Gasteiger partial charge on any atom is -0.478 e. The van der Waals surface area contributed by atoms with Crippen molar-refractivity contribution in [3.05, 3.63) is 75.2 Å². The molecule has 0 spiro atoms. The van der Waals surface area contributed by atoms with Gasteiger partial charge in [-0.15, -0.1) is 0 Å². The van der Waals surface area contributed by atoms with Crippen molar-refractivity contribution in [3.63, 3.8) is 0 Å². The molecule has 0 bridgehead atoms. The lowest BCUT2D eigenvalue weighted by atomic mass is 10.00. The van der Waals surface area contributed by atoms with Crippen molar-refractivity contribution < 1.29 is 23.0 Å². The Morgan fingerprint density at radius 1 is 1.35 bits per heavy atom. The summed E-state index contributed by atoms with van der Waals surface area (Å²) in [7, 11) is 3.54. The third-order valence-corrected chi connectivity index (χ3v) is 7.00. The molecule has 1 saturated carbocycles. The second-order valence-corrected chi connectivity index (χ2v) is 10.7. The fraction of sp³-hybridized carbons (Fsp3) is 0.414. The minimum atomic E-state index is -4.57. The third kappa shape index (κ3) is 9.59. The largest absolute Gasteiger partial charge is 0.478 e. The van der Waals surface area contributed by atoms with Gasteiger partial charge in [-0.05, 0) is 63.6 Å². The number of benzene rings is 1. The Hall–Kier alpha value is -2.97. The Morgan fingerprint density at radius 3 is 2.73 bits per heavy atom. The Bertz CT molecular complexity index is 1310. The monoisotopic (exact) mass is 594 g/mol. The SMILES string of the molecule is CC/C=C(\C)OC(CN(C)/C=C(\C(=C/CO)Nc1ncc(C#CC2CC2)s1)c1cc(C(F)(F)F)ccc1Cl)NC. The van der Waals surface area contributed by atoms with Gasteiger partial charge in [0.05, 0.1) is 35.5 Å². The number of thiazole rings is 1. The van der Waals surface area contributed by atoms with Crippen LogP contribution in [0.1, 0.15) is 49.1 Å². The van der Waals surface area contributed by atoms with Crippen LogP contribution in [0, 0.1) is 17.8 Å². The van der Waals surface area contributed by atoms with Gasteiger partial charge in [-0.2, -0.15) is 13.2 Å². The molecule has 3 rings (SSSR count). The number of nitrogens with zero attached hydrogens (tertiary/aromatic N) is 2. The molecule has 1 aliphatic carbocycles. The minimum absolute atomic E-state index is 0.122. The van der Waals surface area contributed by atoms with E-state index in [1.165, 1.54) is 23.5 Å². The molecular formula is C29H34ClF3N4O2S. The van der Waals surface area contributed by atoms with Gasteiger partial charge >= 0.3 is 6.18 Å². The molecule has 0 aliphatic heterocycles. The van der Waals surface area contributed by atoms with Gasteiger partial charge < -0.3 is 20.1 Å². The number of aromatic nitrogens is 1. The maximum Gasteiger partial charge on any atom is 0.416 e. The molecule has 3 N–H and O–H groups in total. The van der Waals surface area contributed by atoms with Gasteiger partial charge in [-0.1, -0.05) is 41.7 Å². The molecule has 40 heavy (non-hydrogen) atoms. The number of ether oxygens (including phenoxy) is 1. The summed E-state index contributed by atoms with van der Waals surface area (Å²) in [5.41, 5.74) is -0.0166. The normalized spacial score (nSPS) is 15.4. The van der Waals surface area contributed by atoms with Crippen LogP contribution in [0.25, 0.3) is 5.57 Å². The molecule has 1 unspecified atom stereocenters. The van der Waals surface area contributed by atoms with Gasteiger partial charge in [0.25, 0.3) is 0 Å². The van der Waals surface area contributed by atoms with Crippen LogP contribution in [-0.4, -0.2) is 48.5 Å². The molecule has 1 fully saturated rings. The molecule has 1 aromatic carbocycles. The van der Waals surface area contributed by atoms with Gasteiger partial charge in [0, 0.05) is 41.0 Å². The number of rotatable bonds is 12. The molecule has 0 radical (unpaired) electrons. The van der Waals surface area contributed by atoms with Crippen molar-refractivity contribution >= 4 is 33.6 Å². The summed E-state index contributed by atoms with van der Waals surface area (Å²) < 4.78 is 46.9. The first-order valence-electron chi connectivity index (χ1n) is 12.9. The highest BCUT2D eigenvalue weighted by Gasteiger charge is 2.31. The molecule has 0 saturated heterocycles. The van der Waals surface area contributed by atoms with Crippen LogP contribution in [0.3, 0.4) is 0 Å². The van der Waals surface area contributed by atoms with E-state index in [-0.39, 0.29) is 17.2 Å². The molecule has 1 atom stereocenters. The lowest BCUT2D eigenvalue weighted by Gasteiger charge is -2.26. The van der Waals surface area contributed by atoms with Crippen molar-refractivity contribution in [1.82, 2.24) is 15.2 Å². The predicted molar refractivity (Wildman–Crippen MR) is 156 cm³/mol. The number of aliphatic hydroxyl groups is 1. The fourth-order valence-electron chi connectivity index (χ4n) is 3.70. The van der Waals surface area contributed by atoms with Crippen molar-refractivity contribution in [2.45, 2.75) is 45.5 Å². The van der Waals surface area contributed by atoms with Crippen LogP contribution in [0.2, 0.25) is 5.02 Å². The number of likely N-dealkylation sites (N-methyl/N-ethyl adjacent to an activating group) is 2. The summed E-state index contributed by atoms with van der Waals surface area (Å²) in [6.45, 7) is 3.86. The van der Waals surface area contributed by atoms with Crippen molar-refractivity contribution in [3.8, 4) is 11.8 Å². The summed E-state index contributed by atoms with van der Waals surface area (Å²) in [5.74, 6) is 7.49. The summed E-state index contributed by atoms with van der Waals surface area (Å²) in [5, 5.41) is 16.7. The summed E-state index contributed by atoms with van der Waals surface area (Å²) in [4.78, 5) is 6.93. The predicted octanol–water partition coefficient (Wildman–Crippen LogP) is 6.71. The number of nitrogens with one attached hydrogen (secondary N) is 2. The van der Waals surface area contributed by atoms with Crippen LogP contribution >= 0.6 is 22.9 Å². The van der Waals surface area contributed by atoms with E-state index >= 15 is 0 Å². The van der Waals surface area contributed by atoms with Gasteiger partial charge in [0.2, 0.25) is 0 Å². The Kier molecular flexibility index (Phi) is 11.5.